The Balaban J connectivity index is 2.11. The van der Waals surface area contributed by atoms with Crippen molar-refractivity contribution in [1.82, 2.24) is 20.1 Å². The third kappa shape index (κ3) is 4.77. The second-order valence-electron chi connectivity index (χ2n) is 3.71. The Morgan fingerprint density at radius 3 is 2.94 bits per heavy atom. The van der Waals surface area contributed by atoms with Gasteiger partial charge in [-0.15, -0.1) is 5.10 Å². The molecule has 6 heteroatoms. The van der Waals surface area contributed by atoms with Crippen molar-refractivity contribution in [3.63, 3.8) is 0 Å². The van der Waals surface area contributed by atoms with E-state index in [2.05, 4.69) is 22.3 Å². The van der Waals surface area contributed by atoms with Gasteiger partial charge in [0.05, 0.1) is 0 Å². The number of anilines is 1. The average Bonchev–Trinajstić information content (AvgIpc) is 2.63. The zero-order valence-electron chi connectivity index (χ0n) is 9.65. The summed E-state index contributed by atoms with van der Waals surface area (Å²) in [7, 11) is 0. The van der Waals surface area contributed by atoms with E-state index in [0.717, 1.165) is 19.4 Å². The molecule has 90 valence electrons. The van der Waals surface area contributed by atoms with E-state index < -0.39 is 0 Å². The molecule has 16 heavy (non-hydrogen) atoms. The highest BCUT2D eigenvalue weighted by Gasteiger charge is 2.03. The van der Waals surface area contributed by atoms with Crippen molar-refractivity contribution < 1.29 is 4.79 Å². The van der Waals surface area contributed by atoms with E-state index >= 15 is 0 Å². The Bertz CT molecular complexity index is 323. The maximum absolute atomic E-state index is 11.4. The molecule has 1 rings (SSSR count). The topological polar surface area (TPSA) is 85.8 Å². The third-order valence-electron chi connectivity index (χ3n) is 2.21. The molecule has 0 aliphatic heterocycles. The number of nitrogen functional groups attached to an aromatic ring is 1. The summed E-state index contributed by atoms with van der Waals surface area (Å²) in [6, 6.07) is 0. The molecular formula is C10H19N5O. The van der Waals surface area contributed by atoms with E-state index in [0.29, 0.717) is 0 Å². The minimum atomic E-state index is -0.0543. The van der Waals surface area contributed by atoms with Crippen LogP contribution in [0.5, 0.6) is 0 Å². The Labute approximate surface area is 95.2 Å². The summed E-state index contributed by atoms with van der Waals surface area (Å²) in [5.41, 5.74) is 5.33. The van der Waals surface area contributed by atoms with Crippen LogP contribution in [0.4, 0.5) is 5.95 Å². The average molecular weight is 225 g/mol. The van der Waals surface area contributed by atoms with Crippen LogP contribution in [0.1, 0.15) is 32.6 Å². The summed E-state index contributed by atoms with van der Waals surface area (Å²) in [6.07, 6.45) is 6.06. The van der Waals surface area contributed by atoms with Crippen LogP contribution in [0, 0.1) is 0 Å². The number of aromatic nitrogens is 3. The van der Waals surface area contributed by atoms with Gasteiger partial charge in [-0.2, -0.15) is 0 Å². The summed E-state index contributed by atoms with van der Waals surface area (Å²) in [4.78, 5) is 15.2. The summed E-state index contributed by atoms with van der Waals surface area (Å²) in [5, 5.41) is 6.66. The number of nitrogens with zero attached hydrogens (tertiary/aromatic N) is 3. The Morgan fingerprint density at radius 2 is 2.31 bits per heavy atom. The second-order valence-corrected chi connectivity index (χ2v) is 3.71. The van der Waals surface area contributed by atoms with Crippen LogP contribution in [0.3, 0.4) is 0 Å². The summed E-state index contributed by atoms with van der Waals surface area (Å²) in [5.74, 6) is 0.136. The van der Waals surface area contributed by atoms with E-state index in [9.17, 15) is 4.79 Å². The van der Waals surface area contributed by atoms with E-state index in [1.54, 1.807) is 0 Å². The molecule has 0 unspecified atom stereocenters. The third-order valence-corrected chi connectivity index (χ3v) is 2.21. The fraction of sp³-hybridized carbons (Fsp3) is 0.700. The highest BCUT2D eigenvalue weighted by atomic mass is 16.2. The smallest absolute Gasteiger partial charge is 0.241 e. The summed E-state index contributed by atoms with van der Waals surface area (Å²) in [6.45, 7) is 3.06. The molecule has 0 bridgehead atoms. The first-order valence-corrected chi connectivity index (χ1v) is 5.64. The number of nitrogens with two attached hydrogens (primary N) is 1. The molecule has 0 spiro atoms. The second kappa shape index (κ2) is 6.81. The van der Waals surface area contributed by atoms with Crippen molar-refractivity contribution in [3.8, 4) is 0 Å². The normalized spacial score (nSPS) is 10.3. The van der Waals surface area contributed by atoms with Crippen molar-refractivity contribution in [2.75, 3.05) is 12.3 Å². The lowest BCUT2D eigenvalue weighted by Crippen LogP contribution is -2.28. The van der Waals surface area contributed by atoms with Crippen LogP contribution < -0.4 is 11.1 Å². The monoisotopic (exact) mass is 225 g/mol. The minimum absolute atomic E-state index is 0.0543. The summed E-state index contributed by atoms with van der Waals surface area (Å²) < 4.78 is 1.43. The maximum Gasteiger partial charge on any atom is 0.241 e. The molecular weight excluding hydrogens is 206 g/mol. The first-order chi connectivity index (χ1) is 7.72. The summed E-state index contributed by atoms with van der Waals surface area (Å²) >= 11 is 0. The van der Waals surface area contributed by atoms with Gasteiger partial charge in [-0.05, 0) is 6.42 Å². The van der Waals surface area contributed by atoms with E-state index in [-0.39, 0.29) is 18.4 Å². The van der Waals surface area contributed by atoms with Crippen LogP contribution in [-0.4, -0.2) is 27.2 Å². The van der Waals surface area contributed by atoms with Gasteiger partial charge in [0.15, 0.2) is 0 Å². The SMILES string of the molecule is CCCCCCNC(=O)Cn1cnc(N)n1. The van der Waals surface area contributed by atoms with Crippen LogP contribution in [0.25, 0.3) is 0 Å². The van der Waals surface area contributed by atoms with Gasteiger partial charge < -0.3 is 11.1 Å². The molecule has 1 amide bonds. The predicted molar refractivity (Wildman–Crippen MR) is 61.6 cm³/mol. The number of nitrogens with one attached hydrogen (secondary N) is 1. The number of hydrogen-bond acceptors (Lipinski definition) is 4. The zero-order valence-corrected chi connectivity index (χ0v) is 9.65. The van der Waals surface area contributed by atoms with Crippen molar-refractivity contribution in [1.29, 1.82) is 0 Å². The van der Waals surface area contributed by atoms with Gasteiger partial charge in [0.25, 0.3) is 0 Å². The van der Waals surface area contributed by atoms with Crippen LogP contribution >= 0.6 is 0 Å². The Hall–Kier alpha value is -1.59. The molecule has 0 saturated heterocycles. The molecule has 6 nitrogen and oxygen atoms in total. The lowest BCUT2D eigenvalue weighted by atomic mass is 10.2. The molecule has 1 heterocycles. The lowest BCUT2D eigenvalue weighted by molar-refractivity contribution is -0.121. The van der Waals surface area contributed by atoms with Crippen LogP contribution in [0.15, 0.2) is 6.33 Å². The van der Waals surface area contributed by atoms with Crippen molar-refractivity contribution in [2.24, 2.45) is 0 Å². The van der Waals surface area contributed by atoms with Crippen molar-refractivity contribution >= 4 is 11.9 Å². The van der Waals surface area contributed by atoms with Gasteiger partial charge in [0.1, 0.15) is 12.9 Å². The number of rotatable bonds is 7. The molecule has 3 N–H and O–H groups in total. The number of amides is 1. The fourth-order valence-corrected chi connectivity index (χ4v) is 1.37. The molecule has 0 aliphatic carbocycles. The minimum Gasteiger partial charge on any atom is -0.367 e. The Morgan fingerprint density at radius 1 is 1.50 bits per heavy atom. The van der Waals surface area contributed by atoms with Gasteiger partial charge in [-0.3, -0.25) is 4.79 Å². The largest absolute Gasteiger partial charge is 0.367 e. The number of hydrogen-bond donors (Lipinski definition) is 2. The molecule has 0 saturated carbocycles. The first kappa shape index (κ1) is 12.5. The molecule has 0 aromatic carbocycles. The number of carbonyl (C=O) groups excluding carboxylic acids is 1. The highest BCUT2D eigenvalue weighted by Crippen LogP contribution is 1.97. The predicted octanol–water partition coefficient (Wildman–Crippen LogP) is 0.557. The lowest BCUT2D eigenvalue weighted by Gasteiger charge is -2.04. The van der Waals surface area contributed by atoms with Crippen molar-refractivity contribution in [3.05, 3.63) is 6.33 Å². The van der Waals surface area contributed by atoms with Gasteiger partial charge in [0, 0.05) is 6.54 Å². The maximum atomic E-state index is 11.4. The van der Waals surface area contributed by atoms with Crippen molar-refractivity contribution in [2.45, 2.75) is 39.2 Å². The van der Waals surface area contributed by atoms with Gasteiger partial charge in [0.2, 0.25) is 11.9 Å². The molecule has 0 fully saturated rings. The highest BCUT2D eigenvalue weighted by molar-refractivity contribution is 5.75. The van der Waals surface area contributed by atoms with Gasteiger partial charge in [-0.25, -0.2) is 9.67 Å². The molecule has 0 aliphatic rings. The molecule has 1 aromatic heterocycles. The van der Waals surface area contributed by atoms with Crippen LogP contribution in [-0.2, 0) is 11.3 Å². The van der Waals surface area contributed by atoms with Crippen LogP contribution in [0.2, 0.25) is 0 Å². The van der Waals surface area contributed by atoms with Gasteiger partial charge in [-0.1, -0.05) is 26.2 Å². The van der Waals surface area contributed by atoms with Gasteiger partial charge >= 0.3 is 0 Å². The quantitative estimate of drug-likeness (QED) is 0.664. The standard InChI is InChI=1S/C10H19N5O/c1-2-3-4-5-6-12-9(16)7-15-8-13-10(11)14-15/h8H,2-7H2,1H3,(H2,11,14)(H,12,16). The van der Waals surface area contributed by atoms with E-state index in [1.165, 1.54) is 23.9 Å². The van der Waals surface area contributed by atoms with E-state index in [1.807, 2.05) is 0 Å². The number of unbranched alkanes of at least 4 members (excludes halogenated alkanes) is 3. The Kier molecular flexibility index (Phi) is 5.31. The molecule has 0 radical (unpaired) electrons. The molecule has 1 aromatic rings. The zero-order chi connectivity index (χ0) is 11.8. The molecule has 0 atom stereocenters. The fourth-order valence-electron chi connectivity index (χ4n) is 1.37. The number of carbonyl (C=O) groups is 1. The van der Waals surface area contributed by atoms with E-state index in [4.69, 9.17) is 5.73 Å². The first-order valence-electron chi connectivity index (χ1n) is 5.64.